The highest BCUT2D eigenvalue weighted by Crippen LogP contribution is 2.29. The van der Waals surface area contributed by atoms with Crippen LogP contribution in [0, 0.1) is 0 Å². The highest BCUT2D eigenvalue weighted by atomic mass is 79.9. The number of pyridine rings is 1. The number of carboxylic acids is 1. The summed E-state index contributed by atoms with van der Waals surface area (Å²) in [6.07, 6.45) is 1.18. The van der Waals surface area contributed by atoms with Gasteiger partial charge in [-0.15, -0.1) is 0 Å². The van der Waals surface area contributed by atoms with Gasteiger partial charge >= 0.3 is 5.97 Å². The zero-order chi connectivity index (χ0) is 22.1. The van der Waals surface area contributed by atoms with Crippen LogP contribution in [0.4, 0.5) is 5.69 Å². The second-order valence-corrected chi connectivity index (χ2v) is 7.72. The minimum Gasteiger partial charge on any atom is -0.478 e. The number of aromatic carboxylic acids is 1. The molecule has 0 atom stereocenters. The van der Waals surface area contributed by atoms with Gasteiger partial charge in [-0.25, -0.2) is 9.78 Å². The maximum Gasteiger partial charge on any atom is 0.336 e. The number of β-amino-alcohol motifs (C(OH)–C–C–N with tert-alkyl or cyclic N) is 1. The molecule has 0 unspecified atom stereocenters. The number of amides is 2. The van der Waals surface area contributed by atoms with Gasteiger partial charge < -0.3 is 15.5 Å². The molecule has 1 aliphatic heterocycles. The smallest absolute Gasteiger partial charge is 0.336 e. The molecule has 0 saturated carbocycles. The van der Waals surface area contributed by atoms with E-state index in [1.165, 1.54) is 12.1 Å². The van der Waals surface area contributed by atoms with Crippen molar-refractivity contribution in [2.45, 2.75) is 0 Å². The van der Waals surface area contributed by atoms with Gasteiger partial charge in [-0.2, -0.15) is 0 Å². The molecule has 0 radical (unpaired) electrons. The Morgan fingerprint density at radius 3 is 2.68 bits per heavy atom. The first-order valence-corrected chi connectivity index (χ1v) is 10.1. The first-order valence-electron chi connectivity index (χ1n) is 9.27. The number of carbonyl (C=O) groups excluding carboxylic acids is 2. The summed E-state index contributed by atoms with van der Waals surface area (Å²) in [6, 6.07) is 13.7. The van der Waals surface area contributed by atoms with Gasteiger partial charge in [0.15, 0.2) is 0 Å². The van der Waals surface area contributed by atoms with E-state index in [9.17, 15) is 19.5 Å². The Kier molecular flexibility index (Phi) is 5.53. The van der Waals surface area contributed by atoms with Gasteiger partial charge in [-0.1, -0.05) is 28.1 Å². The van der Waals surface area contributed by atoms with E-state index < -0.39 is 17.8 Å². The lowest BCUT2D eigenvalue weighted by atomic mass is 10.0. The number of carbonyl (C=O) groups is 3. The van der Waals surface area contributed by atoms with Crippen molar-refractivity contribution in [3.8, 4) is 11.3 Å². The number of aliphatic hydroxyl groups excluding tert-OH is 1. The molecule has 1 aliphatic rings. The van der Waals surface area contributed by atoms with Gasteiger partial charge in [0.25, 0.3) is 11.8 Å². The zero-order valence-electron chi connectivity index (χ0n) is 16.0. The Morgan fingerprint density at radius 1 is 1.13 bits per heavy atom. The van der Waals surface area contributed by atoms with Crippen LogP contribution in [-0.2, 0) is 9.59 Å². The van der Waals surface area contributed by atoms with Crippen LogP contribution in [0.25, 0.3) is 22.2 Å². The van der Waals surface area contributed by atoms with Crippen LogP contribution in [0.1, 0.15) is 10.4 Å². The van der Waals surface area contributed by atoms with Crippen molar-refractivity contribution in [1.29, 1.82) is 0 Å². The van der Waals surface area contributed by atoms with Crippen LogP contribution < -0.4 is 5.32 Å². The van der Waals surface area contributed by atoms with Crippen molar-refractivity contribution in [2.75, 3.05) is 18.5 Å². The van der Waals surface area contributed by atoms with E-state index >= 15 is 0 Å². The number of rotatable bonds is 6. The predicted octanol–water partition coefficient (Wildman–Crippen LogP) is 3.02. The molecule has 9 heteroatoms. The number of nitrogens with one attached hydrogen (secondary N) is 1. The highest BCUT2D eigenvalue weighted by Gasteiger charge is 2.30. The Bertz CT molecular complexity index is 1270. The quantitative estimate of drug-likeness (QED) is 0.462. The number of aliphatic hydroxyl groups is 1. The van der Waals surface area contributed by atoms with E-state index in [0.29, 0.717) is 27.8 Å². The predicted molar refractivity (Wildman–Crippen MR) is 117 cm³/mol. The Morgan fingerprint density at radius 2 is 1.94 bits per heavy atom. The normalized spacial score (nSPS) is 13.6. The minimum absolute atomic E-state index is 0.0749. The Balaban J connectivity index is 1.69. The molecule has 1 aromatic heterocycles. The summed E-state index contributed by atoms with van der Waals surface area (Å²) in [6.45, 7) is -0.390. The summed E-state index contributed by atoms with van der Waals surface area (Å²) >= 11 is 3.35. The van der Waals surface area contributed by atoms with E-state index in [2.05, 4.69) is 26.2 Å². The summed E-state index contributed by atoms with van der Waals surface area (Å²) < 4.78 is 0.752. The van der Waals surface area contributed by atoms with Crippen LogP contribution in [0.5, 0.6) is 0 Å². The van der Waals surface area contributed by atoms with Crippen molar-refractivity contribution >= 4 is 50.3 Å². The topological polar surface area (TPSA) is 120 Å². The van der Waals surface area contributed by atoms with E-state index in [0.717, 1.165) is 9.37 Å². The second kappa shape index (κ2) is 8.29. The van der Waals surface area contributed by atoms with Gasteiger partial charge in [0, 0.05) is 27.2 Å². The molecule has 0 bridgehead atoms. The first-order chi connectivity index (χ1) is 14.9. The lowest BCUT2D eigenvalue weighted by Crippen LogP contribution is -2.34. The third-order valence-corrected chi connectivity index (χ3v) is 5.26. The van der Waals surface area contributed by atoms with Gasteiger partial charge in [0.05, 0.1) is 29.9 Å². The maximum atomic E-state index is 12.3. The van der Waals surface area contributed by atoms with Gasteiger partial charge in [0.1, 0.15) is 5.70 Å². The first kappa shape index (κ1) is 20.7. The molecule has 0 saturated heterocycles. The summed E-state index contributed by atoms with van der Waals surface area (Å²) in [5.41, 5.74) is 2.39. The van der Waals surface area contributed by atoms with Crippen LogP contribution >= 0.6 is 15.9 Å². The minimum atomic E-state index is -1.06. The molecule has 0 aliphatic carbocycles. The van der Waals surface area contributed by atoms with Crippen LogP contribution in [0.3, 0.4) is 0 Å². The summed E-state index contributed by atoms with van der Waals surface area (Å²) in [4.78, 5) is 41.6. The number of hydrogen-bond acceptors (Lipinski definition) is 6. The highest BCUT2D eigenvalue weighted by molar-refractivity contribution is 9.10. The molecule has 3 N–H and O–H groups in total. The summed E-state index contributed by atoms with van der Waals surface area (Å²) in [5.74, 6) is -2.08. The number of anilines is 1. The number of carboxylic acid groups (broad SMARTS) is 1. The summed E-state index contributed by atoms with van der Waals surface area (Å²) in [7, 11) is 0. The number of fused-ring (bicyclic) bond motifs is 1. The van der Waals surface area contributed by atoms with E-state index in [4.69, 9.17) is 5.11 Å². The number of benzene rings is 2. The molecule has 0 fully saturated rings. The van der Waals surface area contributed by atoms with Crippen LogP contribution in [-0.4, -0.2) is 51.0 Å². The number of halogens is 1. The largest absolute Gasteiger partial charge is 0.478 e. The maximum absolute atomic E-state index is 12.3. The molecule has 3 aromatic rings. The fraction of sp³-hybridized carbons (Fsp3) is 0.0909. The average molecular weight is 482 g/mol. The zero-order valence-corrected chi connectivity index (χ0v) is 17.6. The number of aromatic nitrogens is 1. The standard InChI is InChI=1S/C22H16BrN3O5/c23-13-4-5-17-15(9-13)16(22(30)31)10-18(25-17)12-2-1-3-14(8-12)24-19-11-20(28)26(6-7-27)21(19)29/h1-5,8-11,24,27H,6-7H2,(H,30,31). The van der Waals surface area contributed by atoms with Crippen molar-refractivity contribution in [3.63, 3.8) is 0 Å². The number of hydrogen-bond donors (Lipinski definition) is 3. The molecule has 2 amide bonds. The van der Waals surface area contributed by atoms with E-state index in [1.54, 1.807) is 42.5 Å². The SMILES string of the molecule is O=C(O)c1cc(-c2cccc(NC3=CC(=O)N(CCO)C3=O)c2)nc2ccc(Br)cc12. The number of imide groups is 1. The molecule has 4 rings (SSSR count). The lowest BCUT2D eigenvalue weighted by Gasteiger charge is -2.14. The molecule has 8 nitrogen and oxygen atoms in total. The van der Waals surface area contributed by atoms with E-state index in [1.807, 2.05) is 0 Å². The van der Waals surface area contributed by atoms with Crippen LogP contribution in [0.15, 0.2) is 64.8 Å². The second-order valence-electron chi connectivity index (χ2n) is 6.80. The Hall–Kier alpha value is -3.56. The average Bonchev–Trinajstić information content (AvgIpc) is 3.00. The van der Waals surface area contributed by atoms with Crippen molar-refractivity contribution in [3.05, 3.63) is 70.3 Å². The third kappa shape index (κ3) is 4.05. The lowest BCUT2D eigenvalue weighted by molar-refractivity contribution is -0.137. The third-order valence-electron chi connectivity index (χ3n) is 4.77. The van der Waals surface area contributed by atoms with Crippen molar-refractivity contribution in [1.82, 2.24) is 9.88 Å². The fourth-order valence-electron chi connectivity index (χ4n) is 3.34. The van der Waals surface area contributed by atoms with Crippen molar-refractivity contribution in [2.24, 2.45) is 0 Å². The van der Waals surface area contributed by atoms with E-state index in [-0.39, 0.29) is 24.4 Å². The fourth-order valence-corrected chi connectivity index (χ4v) is 3.71. The number of nitrogens with zero attached hydrogens (tertiary/aromatic N) is 2. The van der Waals surface area contributed by atoms with Crippen molar-refractivity contribution < 1.29 is 24.6 Å². The van der Waals surface area contributed by atoms with Gasteiger partial charge in [0.2, 0.25) is 0 Å². The molecular formula is C22H16BrN3O5. The molecule has 31 heavy (non-hydrogen) atoms. The Labute approximate surface area is 184 Å². The van der Waals surface area contributed by atoms with Gasteiger partial charge in [-0.05, 0) is 36.4 Å². The molecule has 0 spiro atoms. The molecule has 156 valence electrons. The van der Waals surface area contributed by atoms with Gasteiger partial charge in [-0.3, -0.25) is 14.5 Å². The molecule has 2 aromatic carbocycles. The summed E-state index contributed by atoms with van der Waals surface area (Å²) in [5, 5.41) is 22.1. The molecular weight excluding hydrogens is 466 g/mol. The monoisotopic (exact) mass is 481 g/mol. The molecule has 2 heterocycles. The van der Waals surface area contributed by atoms with Crippen LogP contribution in [0.2, 0.25) is 0 Å².